The summed E-state index contributed by atoms with van der Waals surface area (Å²) in [6.07, 6.45) is 1.88. The number of aromatic nitrogens is 3. The lowest BCUT2D eigenvalue weighted by molar-refractivity contribution is 0.0987. The number of Topliss-reactive ketones (excluding diaryl/α,β-unsaturated/α-hetero) is 1. The molecule has 2 heterocycles. The van der Waals surface area contributed by atoms with E-state index in [4.69, 9.17) is 0 Å². The lowest BCUT2D eigenvalue weighted by Gasteiger charge is -1.98. The van der Waals surface area contributed by atoms with Crippen LogP contribution in [0.3, 0.4) is 0 Å². The van der Waals surface area contributed by atoms with Gasteiger partial charge in [-0.2, -0.15) is 8.75 Å². The third kappa shape index (κ3) is 2.44. The van der Waals surface area contributed by atoms with Crippen molar-refractivity contribution in [2.45, 2.75) is 13.3 Å². The molecule has 0 aliphatic heterocycles. The van der Waals surface area contributed by atoms with Crippen LogP contribution in [0.25, 0.3) is 0 Å². The van der Waals surface area contributed by atoms with Crippen molar-refractivity contribution < 1.29 is 4.79 Å². The van der Waals surface area contributed by atoms with E-state index < -0.39 is 0 Å². The normalized spacial score (nSPS) is 10.2. The molecule has 2 aromatic heterocycles. The van der Waals surface area contributed by atoms with Gasteiger partial charge in [-0.15, -0.1) is 0 Å². The van der Waals surface area contributed by atoms with Crippen molar-refractivity contribution in [2.24, 2.45) is 0 Å². The Balaban J connectivity index is 2.15. The Morgan fingerprint density at radius 3 is 3.00 bits per heavy atom. The van der Waals surface area contributed by atoms with Gasteiger partial charge in [0.15, 0.2) is 5.78 Å². The highest BCUT2D eigenvalue weighted by Crippen LogP contribution is 2.04. The molecule has 0 unspecified atom stereocenters. The van der Waals surface area contributed by atoms with Gasteiger partial charge in [0, 0.05) is 5.69 Å². The van der Waals surface area contributed by atoms with E-state index in [9.17, 15) is 4.79 Å². The largest absolute Gasteiger partial charge is 0.292 e. The fourth-order valence-electron chi connectivity index (χ4n) is 1.22. The fraction of sp³-hybridized carbons (Fsp3) is 0.200. The molecule has 0 atom stereocenters. The Hall–Kier alpha value is -1.62. The molecule has 0 aromatic carbocycles. The molecule has 2 rings (SSSR count). The Labute approximate surface area is 91.3 Å². The second kappa shape index (κ2) is 4.27. The minimum Gasteiger partial charge on any atom is -0.292 e. The summed E-state index contributed by atoms with van der Waals surface area (Å²) in [5, 5.41) is 0. The monoisotopic (exact) mass is 219 g/mol. The summed E-state index contributed by atoms with van der Waals surface area (Å²) in [7, 11) is 0. The molecular weight excluding hydrogens is 210 g/mol. The number of carbonyl (C=O) groups excluding carboxylic acids is 1. The van der Waals surface area contributed by atoms with E-state index in [1.165, 1.54) is 0 Å². The van der Waals surface area contributed by atoms with Gasteiger partial charge in [-0.3, -0.25) is 9.78 Å². The number of ketones is 1. The average molecular weight is 219 g/mol. The van der Waals surface area contributed by atoms with Crippen LogP contribution in [0.15, 0.2) is 24.4 Å². The molecular formula is C10H9N3OS. The predicted octanol–water partition coefficient (Wildman–Crippen LogP) is 1.67. The molecule has 0 spiro atoms. The highest BCUT2D eigenvalue weighted by atomic mass is 32.1. The van der Waals surface area contributed by atoms with Crippen molar-refractivity contribution in [3.05, 3.63) is 41.5 Å². The number of nitrogens with zero attached hydrogens (tertiary/aromatic N) is 3. The summed E-state index contributed by atoms with van der Waals surface area (Å²) >= 11 is 1.11. The Kier molecular flexibility index (Phi) is 2.82. The Bertz CT molecular complexity index is 467. The Morgan fingerprint density at radius 2 is 2.33 bits per heavy atom. The zero-order chi connectivity index (χ0) is 10.7. The summed E-state index contributed by atoms with van der Waals surface area (Å²) < 4.78 is 7.83. The van der Waals surface area contributed by atoms with Crippen molar-refractivity contribution in [2.75, 3.05) is 0 Å². The van der Waals surface area contributed by atoms with Gasteiger partial charge < -0.3 is 0 Å². The molecule has 4 nitrogen and oxygen atoms in total. The van der Waals surface area contributed by atoms with Gasteiger partial charge >= 0.3 is 0 Å². The quantitative estimate of drug-likeness (QED) is 0.737. The van der Waals surface area contributed by atoms with E-state index in [0.29, 0.717) is 11.4 Å². The Morgan fingerprint density at radius 1 is 1.47 bits per heavy atom. The first-order valence-corrected chi connectivity index (χ1v) is 5.22. The fourth-order valence-corrected chi connectivity index (χ4v) is 1.65. The minimum atomic E-state index is -0.0219. The molecule has 0 radical (unpaired) electrons. The SMILES string of the molecule is Cc1cccc(C(=O)Cc2cnsn2)n1. The van der Waals surface area contributed by atoms with E-state index in [-0.39, 0.29) is 12.2 Å². The van der Waals surface area contributed by atoms with Gasteiger partial charge in [0.25, 0.3) is 0 Å². The molecule has 2 aromatic rings. The summed E-state index contributed by atoms with van der Waals surface area (Å²) in [5.41, 5.74) is 2.04. The highest BCUT2D eigenvalue weighted by molar-refractivity contribution is 6.99. The van der Waals surface area contributed by atoms with Crippen LogP contribution in [0, 0.1) is 6.92 Å². The van der Waals surface area contributed by atoms with Crippen LogP contribution in [0.4, 0.5) is 0 Å². The molecule has 0 fully saturated rings. The number of rotatable bonds is 3. The number of pyridine rings is 1. The molecule has 0 saturated carbocycles. The van der Waals surface area contributed by atoms with E-state index >= 15 is 0 Å². The molecule has 15 heavy (non-hydrogen) atoms. The molecule has 0 amide bonds. The molecule has 0 bridgehead atoms. The van der Waals surface area contributed by atoms with Crippen LogP contribution in [0.2, 0.25) is 0 Å². The van der Waals surface area contributed by atoms with Gasteiger partial charge in [0.1, 0.15) is 5.69 Å². The van der Waals surface area contributed by atoms with Gasteiger partial charge in [-0.25, -0.2) is 0 Å². The van der Waals surface area contributed by atoms with Crippen LogP contribution < -0.4 is 0 Å². The van der Waals surface area contributed by atoms with Crippen LogP contribution >= 0.6 is 11.7 Å². The standard InChI is InChI=1S/C10H9N3OS/c1-7-3-2-4-9(12-7)10(14)5-8-6-11-15-13-8/h2-4,6H,5H2,1H3. The molecule has 5 heteroatoms. The maximum atomic E-state index is 11.7. The van der Waals surface area contributed by atoms with E-state index in [1.807, 2.05) is 19.1 Å². The lowest BCUT2D eigenvalue weighted by atomic mass is 10.1. The minimum absolute atomic E-state index is 0.0219. The van der Waals surface area contributed by atoms with E-state index in [1.54, 1.807) is 12.3 Å². The van der Waals surface area contributed by atoms with E-state index in [0.717, 1.165) is 17.4 Å². The first kappa shape index (κ1) is 9.92. The van der Waals surface area contributed by atoms with Crippen LogP contribution in [0.5, 0.6) is 0 Å². The van der Waals surface area contributed by atoms with Crippen LogP contribution in [-0.4, -0.2) is 19.5 Å². The van der Waals surface area contributed by atoms with Crippen molar-refractivity contribution >= 4 is 17.5 Å². The third-order valence-electron chi connectivity index (χ3n) is 1.92. The first-order chi connectivity index (χ1) is 7.25. The van der Waals surface area contributed by atoms with Crippen LogP contribution in [0.1, 0.15) is 21.9 Å². The van der Waals surface area contributed by atoms with E-state index in [2.05, 4.69) is 13.7 Å². The first-order valence-electron chi connectivity index (χ1n) is 4.49. The average Bonchev–Trinajstić information content (AvgIpc) is 2.70. The second-order valence-corrected chi connectivity index (χ2v) is 3.72. The molecule has 0 aliphatic rings. The van der Waals surface area contributed by atoms with Crippen molar-refractivity contribution in [1.29, 1.82) is 0 Å². The van der Waals surface area contributed by atoms with Gasteiger partial charge in [-0.1, -0.05) is 6.07 Å². The maximum absolute atomic E-state index is 11.7. The number of carbonyl (C=O) groups is 1. The zero-order valence-corrected chi connectivity index (χ0v) is 8.99. The molecule has 0 aliphatic carbocycles. The summed E-state index contributed by atoms with van der Waals surface area (Å²) in [5.74, 6) is -0.0219. The highest BCUT2D eigenvalue weighted by Gasteiger charge is 2.09. The number of hydrogen-bond donors (Lipinski definition) is 0. The van der Waals surface area contributed by atoms with Crippen LogP contribution in [-0.2, 0) is 6.42 Å². The molecule has 76 valence electrons. The van der Waals surface area contributed by atoms with Crippen molar-refractivity contribution in [1.82, 2.24) is 13.7 Å². The predicted molar refractivity (Wildman–Crippen MR) is 56.9 cm³/mol. The molecule has 0 saturated heterocycles. The van der Waals surface area contributed by atoms with Crippen molar-refractivity contribution in [3.8, 4) is 0 Å². The summed E-state index contributed by atoms with van der Waals surface area (Å²) in [6, 6.07) is 5.41. The number of hydrogen-bond acceptors (Lipinski definition) is 5. The van der Waals surface area contributed by atoms with Gasteiger partial charge in [0.05, 0.1) is 30.0 Å². The second-order valence-electron chi connectivity index (χ2n) is 3.16. The van der Waals surface area contributed by atoms with Gasteiger partial charge in [0.2, 0.25) is 0 Å². The zero-order valence-electron chi connectivity index (χ0n) is 8.17. The summed E-state index contributed by atoms with van der Waals surface area (Å²) in [4.78, 5) is 15.9. The van der Waals surface area contributed by atoms with Crippen molar-refractivity contribution in [3.63, 3.8) is 0 Å². The summed E-state index contributed by atoms with van der Waals surface area (Å²) in [6.45, 7) is 1.86. The third-order valence-corrected chi connectivity index (χ3v) is 2.44. The smallest absolute Gasteiger partial charge is 0.187 e. The molecule has 0 N–H and O–H groups in total. The lowest BCUT2D eigenvalue weighted by Crippen LogP contribution is -2.06. The van der Waals surface area contributed by atoms with Gasteiger partial charge in [-0.05, 0) is 19.1 Å². The maximum Gasteiger partial charge on any atom is 0.187 e. The topological polar surface area (TPSA) is 55.7 Å². The number of aryl methyl sites for hydroxylation is 1.